The normalized spacial score (nSPS) is 18.2. The molecule has 1 aliphatic rings. The van der Waals surface area contributed by atoms with Gasteiger partial charge in [0.05, 0.1) is 37.3 Å². The molecule has 0 fully saturated rings. The zero-order valence-electron chi connectivity index (χ0n) is 18.3. The summed E-state index contributed by atoms with van der Waals surface area (Å²) in [4.78, 5) is 37.8. The number of carbonyl (C=O) groups excluding carboxylic acids is 1. The van der Waals surface area contributed by atoms with Crippen LogP contribution in [0.5, 0.6) is 5.88 Å². The predicted molar refractivity (Wildman–Crippen MR) is 116 cm³/mol. The number of pyridine rings is 2. The van der Waals surface area contributed by atoms with Crippen molar-refractivity contribution in [1.29, 1.82) is 0 Å². The molecule has 0 radical (unpaired) electrons. The molecule has 0 bridgehead atoms. The van der Waals surface area contributed by atoms with E-state index in [0.29, 0.717) is 29.2 Å². The van der Waals surface area contributed by atoms with Gasteiger partial charge in [-0.25, -0.2) is 9.78 Å². The molecule has 4 rings (SSSR count). The van der Waals surface area contributed by atoms with Crippen LogP contribution in [-0.2, 0) is 17.6 Å². The Morgan fingerprint density at radius 3 is 2.72 bits per heavy atom. The lowest BCUT2D eigenvalue weighted by molar-refractivity contribution is 0.0411. The molecule has 2 N–H and O–H groups in total. The average Bonchev–Trinajstić information content (AvgIpc) is 2.72. The lowest BCUT2D eigenvalue weighted by Gasteiger charge is -2.31. The van der Waals surface area contributed by atoms with E-state index >= 15 is 0 Å². The van der Waals surface area contributed by atoms with E-state index in [-0.39, 0.29) is 12.0 Å². The van der Waals surface area contributed by atoms with Gasteiger partial charge in [-0.2, -0.15) is 4.98 Å². The summed E-state index contributed by atoms with van der Waals surface area (Å²) in [5, 5.41) is 13.3. The van der Waals surface area contributed by atoms with Crippen molar-refractivity contribution in [1.82, 2.24) is 24.8 Å². The number of amides is 1. The smallest absolute Gasteiger partial charge is 0.407 e. The third-order valence-electron chi connectivity index (χ3n) is 5.10. The number of nitrogens with one attached hydrogen (secondary N) is 1. The van der Waals surface area contributed by atoms with Gasteiger partial charge in [-0.3, -0.25) is 14.3 Å². The summed E-state index contributed by atoms with van der Waals surface area (Å²) in [6.07, 6.45) is 2.00. The summed E-state index contributed by atoms with van der Waals surface area (Å²) in [7, 11) is 1.50. The molecule has 0 saturated carbocycles. The van der Waals surface area contributed by atoms with Gasteiger partial charge in [0.1, 0.15) is 11.1 Å². The molecule has 3 aromatic rings. The lowest BCUT2D eigenvalue weighted by Crippen LogP contribution is -2.49. The number of carbonyl (C=O) groups is 1. The third-order valence-corrected chi connectivity index (χ3v) is 5.10. The van der Waals surface area contributed by atoms with Gasteiger partial charge in [0, 0.05) is 24.6 Å². The molecular weight excluding hydrogens is 414 g/mol. The van der Waals surface area contributed by atoms with Gasteiger partial charge in [-0.1, -0.05) is 0 Å². The monoisotopic (exact) mass is 439 g/mol. The van der Waals surface area contributed by atoms with Gasteiger partial charge in [-0.05, 0) is 38.5 Å². The van der Waals surface area contributed by atoms with Crippen LogP contribution in [-0.4, -0.2) is 55.6 Å². The fourth-order valence-corrected chi connectivity index (χ4v) is 3.67. The minimum atomic E-state index is -0.823. The second kappa shape index (κ2) is 8.19. The quantitative estimate of drug-likeness (QED) is 0.629. The Labute approximate surface area is 184 Å². The fourth-order valence-electron chi connectivity index (χ4n) is 3.67. The highest BCUT2D eigenvalue weighted by molar-refractivity contribution is 5.72. The van der Waals surface area contributed by atoms with E-state index in [1.165, 1.54) is 17.9 Å². The molecule has 2 atom stereocenters. The van der Waals surface area contributed by atoms with E-state index in [2.05, 4.69) is 20.3 Å². The Balaban J connectivity index is 1.65. The summed E-state index contributed by atoms with van der Waals surface area (Å²) in [6, 6.07) is 4.67. The molecular formula is C22H25N5O5. The molecule has 0 aliphatic heterocycles. The van der Waals surface area contributed by atoms with Crippen LogP contribution in [0.3, 0.4) is 0 Å². The number of hydrogen-bond acceptors (Lipinski definition) is 8. The zero-order chi connectivity index (χ0) is 23.0. The van der Waals surface area contributed by atoms with Crippen molar-refractivity contribution in [2.45, 2.75) is 51.4 Å². The number of nitrogens with zero attached hydrogens (tertiary/aromatic N) is 4. The first kappa shape index (κ1) is 21.7. The molecule has 168 valence electrons. The van der Waals surface area contributed by atoms with Gasteiger partial charge in [0.2, 0.25) is 5.88 Å². The average molecular weight is 439 g/mol. The van der Waals surface area contributed by atoms with E-state index in [1.807, 2.05) is 0 Å². The molecule has 0 unspecified atom stereocenters. The Morgan fingerprint density at radius 1 is 1.22 bits per heavy atom. The maximum absolute atomic E-state index is 12.6. The number of methoxy groups -OCH3 is 1. The second-order valence-corrected chi connectivity index (χ2v) is 8.66. The summed E-state index contributed by atoms with van der Waals surface area (Å²) >= 11 is 0. The SMILES string of the molecule is COc1ccc2ncc(=O)n(-c3cnc4c(c3)C[C@H](O)[C@H](NC(=O)OC(C)(C)C)C4)c2n1. The minimum Gasteiger partial charge on any atom is -0.481 e. The fraction of sp³-hybridized carbons (Fsp3) is 0.409. The van der Waals surface area contributed by atoms with Crippen molar-refractivity contribution < 1.29 is 19.4 Å². The molecule has 0 spiro atoms. The van der Waals surface area contributed by atoms with Crippen molar-refractivity contribution in [3.8, 4) is 11.6 Å². The first-order valence-corrected chi connectivity index (χ1v) is 10.2. The van der Waals surface area contributed by atoms with Crippen LogP contribution < -0.4 is 15.6 Å². The molecule has 1 aliphatic carbocycles. The molecule has 32 heavy (non-hydrogen) atoms. The second-order valence-electron chi connectivity index (χ2n) is 8.66. The Hall–Kier alpha value is -3.53. The number of aromatic nitrogens is 4. The molecule has 3 heterocycles. The summed E-state index contributed by atoms with van der Waals surface area (Å²) < 4.78 is 11.9. The van der Waals surface area contributed by atoms with Crippen molar-refractivity contribution in [3.05, 3.63) is 52.2 Å². The highest BCUT2D eigenvalue weighted by atomic mass is 16.6. The standard InChI is InChI=1S/C22H25N5O5/c1-22(2,3)32-21(30)25-16-9-15-12(8-17(16)28)7-13(10-23-15)27-19(29)11-24-14-5-6-18(31-4)26-20(14)27/h5-7,10-11,16-17,28H,8-9H2,1-4H3,(H,25,30)/t16-,17+/m1/s1. The summed E-state index contributed by atoms with van der Waals surface area (Å²) in [5.41, 5.74) is 1.92. The van der Waals surface area contributed by atoms with Gasteiger partial charge >= 0.3 is 6.09 Å². The largest absolute Gasteiger partial charge is 0.481 e. The number of rotatable bonds is 3. The van der Waals surface area contributed by atoms with Crippen molar-refractivity contribution in [2.24, 2.45) is 0 Å². The number of aliphatic hydroxyl groups is 1. The number of ether oxygens (including phenoxy) is 2. The maximum atomic E-state index is 12.6. The van der Waals surface area contributed by atoms with E-state index in [0.717, 1.165) is 11.3 Å². The molecule has 10 nitrogen and oxygen atoms in total. The van der Waals surface area contributed by atoms with Crippen LogP contribution in [0.2, 0.25) is 0 Å². The van der Waals surface area contributed by atoms with E-state index in [9.17, 15) is 14.7 Å². The first-order chi connectivity index (χ1) is 15.1. The number of hydrogen-bond donors (Lipinski definition) is 2. The Kier molecular flexibility index (Phi) is 5.55. The number of aliphatic hydroxyl groups excluding tert-OH is 1. The van der Waals surface area contributed by atoms with Crippen LogP contribution in [0.15, 0.2) is 35.4 Å². The Morgan fingerprint density at radius 2 is 2.00 bits per heavy atom. The zero-order valence-corrected chi connectivity index (χ0v) is 18.3. The summed E-state index contributed by atoms with van der Waals surface area (Å²) in [5.74, 6) is 0.357. The minimum absolute atomic E-state index is 0.269. The van der Waals surface area contributed by atoms with Crippen LogP contribution in [0, 0.1) is 0 Å². The van der Waals surface area contributed by atoms with Crippen LogP contribution in [0.1, 0.15) is 32.0 Å². The Bertz CT molecular complexity index is 1230. The maximum Gasteiger partial charge on any atom is 0.407 e. The number of fused-ring (bicyclic) bond motifs is 2. The van der Waals surface area contributed by atoms with E-state index in [1.54, 1.807) is 45.2 Å². The molecule has 0 aromatic carbocycles. The predicted octanol–water partition coefficient (Wildman–Crippen LogP) is 1.54. The van der Waals surface area contributed by atoms with Gasteiger partial charge < -0.3 is 19.9 Å². The highest BCUT2D eigenvalue weighted by Gasteiger charge is 2.31. The first-order valence-electron chi connectivity index (χ1n) is 10.2. The van der Waals surface area contributed by atoms with Crippen LogP contribution in [0.4, 0.5) is 4.79 Å². The van der Waals surface area contributed by atoms with Crippen molar-refractivity contribution in [3.63, 3.8) is 0 Å². The third kappa shape index (κ3) is 4.40. The molecule has 1 amide bonds. The lowest BCUT2D eigenvalue weighted by atomic mass is 9.89. The van der Waals surface area contributed by atoms with Crippen molar-refractivity contribution in [2.75, 3.05) is 7.11 Å². The topological polar surface area (TPSA) is 128 Å². The van der Waals surface area contributed by atoms with Gasteiger partial charge in [-0.15, -0.1) is 0 Å². The highest BCUT2D eigenvalue weighted by Crippen LogP contribution is 2.24. The van der Waals surface area contributed by atoms with E-state index in [4.69, 9.17) is 9.47 Å². The molecule has 0 saturated heterocycles. The van der Waals surface area contributed by atoms with Crippen molar-refractivity contribution >= 4 is 17.3 Å². The molecule has 3 aromatic heterocycles. The van der Waals surface area contributed by atoms with Gasteiger partial charge in [0.15, 0.2) is 5.65 Å². The van der Waals surface area contributed by atoms with Crippen LogP contribution in [0.25, 0.3) is 16.9 Å². The number of alkyl carbamates (subject to hydrolysis) is 1. The summed E-state index contributed by atoms with van der Waals surface area (Å²) in [6.45, 7) is 5.33. The van der Waals surface area contributed by atoms with E-state index < -0.39 is 23.8 Å². The van der Waals surface area contributed by atoms with Gasteiger partial charge in [0.25, 0.3) is 5.56 Å². The van der Waals surface area contributed by atoms with Crippen LogP contribution >= 0.6 is 0 Å². The molecule has 10 heteroatoms.